The molecule has 0 aliphatic carbocycles. The summed E-state index contributed by atoms with van der Waals surface area (Å²) in [6.07, 6.45) is 0.545. The van der Waals surface area contributed by atoms with E-state index < -0.39 is 6.10 Å². The van der Waals surface area contributed by atoms with Gasteiger partial charge in [0, 0.05) is 23.0 Å². The molecule has 1 heterocycles. The van der Waals surface area contributed by atoms with E-state index in [1.54, 1.807) is 0 Å². The van der Waals surface area contributed by atoms with Crippen molar-refractivity contribution in [3.63, 3.8) is 0 Å². The van der Waals surface area contributed by atoms with E-state index >= 15 is 0 Å². The zero-order valence-electron chi connectivity index (χ0n) is 16.3. The maximum Gasteiger partial charge on any atom is 0.127 e. The predicted octanol–water partition coefficient (Wildman–Crippen LogP) is 3.59. The monoisotopic (exact) mass is 357 g/mol. The van der Waals surface area contributed by atoms with Crippen molar-refractivity contribution in [1.82, 2.24) is 4.90 Å². The number of fused-ring (bicyclic) bond motifs is 1. The van der Waals surface area contributed by atoms with Gasteiger partial charge in [-0.05, 0) is 52.0 Å². The molecule has 0 unspecified atom stereocenters. The first-order valence-corrected chi connectivity index (χ1v) is 9.43. The van der Waals surface area contributed by atoms with Crippen LogP contribution in [0.5, 0.6) is 5.75 Å². The summed E-state index contributed by atoms with van der Waals surface area (Å²) < 4.78 is 5.95. The number of piperidine rings is 1. The number of rotatable bonds is 5. The van der Waals surface area contributed by atoms with Crippen molar-refractivity contribution in [2.24, 2.45) is 0 Å². The Morgan fingerprint density at radius 3 is 2.35 bits per heavy atom. The molecule has 1 aliphatic rings. The molecule has 142 valence electrons. The van der Waals surface area contributed by atoms with Gasteiger partial charge in [-0.3, -0.25) is 4.90 Å². The van der Waals surface area contributed by atoms with Crippen LogP contribution in [-0.2, 0) is 0 Å². The van der Waals surface area contributed by atoms with Gasteiger partial charge in [-0.15, -0.1) is 0 Å². The molecule has 0 radical (unpaired) electrons. The van der Waals surface area contributed by atoms with Crippen molar-refractivity contribution in [3.05, 3.63) is 42.5 Å². The molecule has 0 saturated carbocycles. The Kier molecular flexibility index (Phi) is 5.29. The summed E-state index contributed by atoms with van der Waals surface area (Å²) in [4.78, 5) is 2.31. The summed E-state index contributed by atoms with van der Waals surface area (Å²) in [5, 5.41) is 23.0. The maximum atomic E-state index is 10.6. The highest BCUT2D eigenvalue weighted by molar-refractivity contribution is 5.88. The van der Waals surface area contributed by atoms with Crippen molar-refractivity contribution >= 4 is 10.8 Å². The fourth-order valence-corrected chi connectivity index (χ4v) is 4.53. The quantitative estimate of drug-likeness (QED) is 0.859. The second-order valence-electron chi connectivity index (χ2n) is 8.74. The van der Waals surface area contributed by atoms with Gasteiger partial charge in [0.1, 0.15) is 18.5 Å². The third-order valence-corrected chi connectivity index (χ3v) is 5.51. The van der Waals surface area contributed by atoms with Crippen LogP contribution in [0.15, 0.2) is 42.5 Å². The second-order valence-corrected chi connectivity index (χ2v) is 8.74. The number of hydrogen-bond donors (Lipinski definition) is 2. The lowest BCUT2D eigenvalue weighted by Gasteiger charge is -2.54. The van der Waals surface area contributed by atoms with Crippen LogP contribution in [0.1, 0.15) is 40.5 Å². The topological polar surface area (TPSA) is 52.9 Å². The average molecular weight is 357 g/mol. The van der Waals surface area contributed by atoms with Gasteiger partial charge in [-0.25, -0.2) is 0 Å². The number of nitrogens with zero attached hydrogens (tertiary/aromatic N) is 1. The molecule has 4 heteroatoms. The van der Waals surface area contributed by atoms with Crippen molar-refractivity contribution < 1.29 is 14.9 Å². The van der Waals surface area contributed by atoms with Gasteiger partial charge >= 0.3 is 0 Å². The van der Waals surface area contributed by atoms with Crippen molar-refractivity contribution in [3.8, 4) is 5.75 Å². The lowest BCUT2D eigenvalue weighted by Crippen LogP contribution is -2.63. The molecule has 1 fully saturated rings. The summed E-state index contributed by atoms with van der Waals surface area (Å²) in [6, 6.07) is 14.1. The number of aliphatic hydroxyl groups is 2. The Morgan fingerprint density at radius 1 is 1.04 bits per heavy atom. The number of likely N-dealkylation sites (tertiary alicyclic amines) is 1. The van der Waals surface area contributed by atoms with Gasteiger partial charge in [0.25, 0.3) is 0 Å². The smallest absolute Gasteiger partial charge is 0.127 e. The van der Waals surface area contributed by atoms with Gasteiger partial charge in [0.05, 0.1) is 6.10 Å². The SMILES string of the molecule is CC1(C)CC(O)CC(C)(C)N1C[C@@H](O)COc1cccc2ccccc12. The molecule has 2 aromatic carbocycles. The largest absolute Gasteiger partial charge is 0.490 e. The van der Waals surface area contributed by atoms with E-state index in [2.05, 4.69) is 44.7 Å². The van der Waals surface area contributed by atoms with E-state index in [0.29, 0.717) is 19.4 Å². The number of ether oxygens (including phenoxy) is 1. The summed E-state index contributed by atoms with van der Waals surface area (Å²) in [5.74, 6) is 0.801. The van der Waals surface area contributed by atoms with Gasteiger partial charge in [-0.2, -0.15) is 0 Å². The first-order chi connectivity index (χ1) is 12.2. The van der Waals surface area contributed by atoms with Gasteiger partial charge in [-0.1, -0.05) is 36.4 Å². The zero-order valence-corrected chi connectivity index (χ0v) is 16.3. The standard InChI is InChI=1S/C22H31NO3/c1-21(2)12-17(24)13-22(3,4)23(21)14-18(25)15-26-20-11-7-9-16-8-5-6-10-19(16)20/h5-11,17-18,24-25H,12-15H2,1-4H3/t18-/m1/s1. The normalized spacial score (nSPS) is 21.6. The zero-order chi connectivity index (χ0) is 18.9. The Morgan fingerprint density at radius 2 is 1.65 bits per heavy atom. The van der Waals surface area contributed by atoms with Gasteiger partial charge in [0.15, 0.2) is 0 Å². The van der Waals surface area contributed by atoms with Crippen LogP contribution in [0.3, 0.4) is 0 Å². The molecule has 0 bridgehead atoms. The van der Waals surface area contributed by atoms with Crippen LogP contribution >= 0.6 is 0 Å². The predicted molar refractivity (Wildman–Crippen MR) is 106 cm³/mol. The third kappa shape index (κ3) is 4.03. The summed E-state index contributed by atoms with van der Waals surface area (Å²) in [5.41, 5.74) is -0.330. The molecule has 2 aromatic rings. The summed E-state index contributed by atoms with van der Waals surface area (Å²) in [7, 11) is 0. The van der Waals surface area contributed by atoms with Crippen molar-refractivity contribution in [2.45, 2.75) is 63.8 Å². The second kappa shape index (κ2) is 7.18. The molecule has 4 nitrogen and oxygen atoms in total. The molecule has 1 saturated heterocycles. The minimum atomic E-state index is -0.595. The fraction of sp³-hybridized carbons (Fsp3) is 0.545. The van der Waals surface area contributed by atoms with E-state index in [-0.39, 0.29) is 23.8 Å². The lowest BCUT2D eigenvalue weighted by atomic mass is 9.78. The molecular formula is C22H31NO3. The van der Waals surface area contributed by atoms with E-state index in [0.717, 1.165) is 16.5 Å². The highest BCUT2D eigenvalue weighted by Crippen LogP contribution is 2.38. The number of benzene rings is 2. The van der Waals surface area contributed by atoms with Gasteiger partial charge < -0.3 is 14.9 Å². The molecule has 0 amide bonds. The Hall–Kier alpha value is -1.62. The van der Waals surface area contributed by atoms with Gasteiger partial charge in [0.2, 0.25) is 0 Å². The average Bonchev–Trinajstić information content (AvgIpc) is 2.55. The minimum Gasteiger partial charge on any atom is -0.490 e. The van der Waals surface area contributed by atoms with Crippen molar-refractivity contribution in [2.75, 3.05) is 13.2 Å². The van der Waals surface area contributed by atoms with Crippen LogP contribution in [0.2, 0.25) is 0 Å². The van der Waals surface area contributed by atoms with Crippen LogP contribution in [0.4, 0.5) is 0 Å². The van der Waals surface area contributed by atoms with Crippen LogP contribution in [0, 0.1) is 0 Å². The molecular weight excluding hydrogens is 326 g/mol. The van der Waals surface area contributed by atoms with E-state index in [1.807, 2.05) is 30.3 Å². The molecule has 26 heavy (non-hydrogen) atoms. The molecule has 0 aromatic heterocycles. The molecule has 0 spiro atoms. The number of hydrogen-bond acceptors (Lipinski definition) is 4. The Balaban J connectivity index is 1.67. The summed E-state index contributed by atoms with van der Waals surface area (Å²) in [6.45, 7) is 9.31. The fourth-order valence-electron chi connectivity index (χ4n) is 4.53. The summed E-state index contributed by atoms with van der Waals surface area (Å²) >= 11 is 0. The van der Waals surface area contributed by atoms with Crippen LogP contribution in [0.25, 0.3) is 10.8 Å². The van der Waals surface area contributed by atoms with E-state index in [4.69, 9.17) is 4.74 Å². The van der Waals surface area contributed by atoms with E-state index in [9.17, 15) is 10.2 Å². The third-order valence-electron chi connectivity index (χ3n) is 5.51. The van der Waals surface area contributed by atoms with Crippen LogP contribution < -0.4 is 4.74 Å². The molecule has 3 rings (SSSR count). The Labute approximate surface area is 156 Å². The molecule has 2 N–H and O–H groups in total. The molecule has 1 atom stereocenters. The highest BCUT2D eigenvalue weighted by Gasteiger charge is 2.45. The lowest BCUT2D eigenvalue weighted by molar-refractivity contribution is -0.0999. The number of β-amino-alcohol motifs (C(OH)–C–C–N with tert-alkyl or cyclic N) is 1. The van der Waals surface area contributed by atoms with Crippen molar-refractivity contribution in [1.29, 1.82) is 0 Å². The number of aliphatic hydroxyl groups excluding tert-OH is 2. The maximum absolute atomic E-state index is 10.6. The first-order valence-electron chi connectivity index (χ1n) is 9.43. The highest BCUT2D eigenvalue weighted by atomic mass is 16.5. The Bertz CT molecular complexity index is 733. The van der Waals surface area contributed by atoms with E-state index in [1.165, 1.54) is 0 Å². The minimum absolute atomic E-state index is 0.165. The first kappa shape index (κ1) is 19.2. The van der Waals surface area contributed by atoms with Crippen LogP contribution in [-0.4, -0.2) is 51.6 Å². The molecule has 1 aliphatic heterocycles.